The number of halogens is 1. The Hall–Kier alpha value is -3.91. The molecule has 35 heavy (non-hydrogen) atoms. The quantitative estimate of drug-likeness (QED) is 0.135. The maximum Gasteiger partial charge on any atom is 0.271 e. The van der Waals surface area contributed by atoms with Crippen LogP contribution in [0.25, 0.3) is 28.3 Å². The van der Waals surface area contributed by atoms with E-state index in [9.17, 15) is 4.79 Å². The van der Waals surface area contributed by atoms with Crippen LogP contribution >= 0.6 is 22.6 Å². The number of aromatic nitrogens is 1. The molecule has 3 aromatic carbocycles. The molecule has 6 heteroatoms. The summed E-state index contributed by atoms with van der Waals surface area (Å²) < 4.78 is 9.15. The zero-order valence-electron chi connectivity index (χ0n) is 19.0. The molecular weight excluding hydrogens is 549 g/mol. The van der Waals surface area contributed by atoms with Crippen LogP contribution in [0.2, 0.25) is 0 Å². The number of aryl methyl sites for hydroxylation is 1. The molecule has 0 aliphatic carbocycles. The summed E-state index contributed by atoms with van der Waals surface area (Å²) in [5.74, 6) is 1.02. The van der Waals surface area contributed by atoms with Crippen molar-refractivity contribution in [1.82, 2.24) is 9.99 Å². The van der Waals surface area contributed by atoms with Gasteiger partial charge in [-0.15, -0.1) is 0 Å². The van der Waals surface area contributed by atoms with Crippen molar-refractivity contribution < 1.29 is 9.21 Å². The number of nitrogens with one attached hydrogen (secondary N) is 1. The second kappa shape index (κ2) is 10.1. The Bertz CT molecular complexity index is 1480. The van der Waals surface area contributed by atoms with E-state index in [4.69, 9.17) is 4.42 Å². The molecule has 2 heterocycles. The molecule has 0 aliphatic heterocycles. The first-order chi connectivity index (χ1) is 17.1. The van der Waals surface area contributed by atoms with E-state index in [1.165, 1.54) is 6.21 Å². The van der Waals surface area contributed by atoms with Crippen molar-refractivity contribution in [2.45, 2.75) is 6.92 Å². The first kappa shape index (κ1) is 22.9. The second-order valence-corrected chi connectivity index (χ2v) is 9.26. The average Bonchev–Trinajstić information content (AvgIpc) is 3.52. The molecule has 172 valence electrons. The lowest BCUT2D eigenvalue weighted by molar-refractivity contribution is 0.0955. The number of amides is 1. The van der Waals surface area contributed by atoms with Crippen molar-refractivity contribution in [3.05, 3.63) is 124 Å². The van der Waals surface area contributed by atoms with Crippen molar-refractivity contribution in [3.8, 4) is 28.3 Å². The summed E-state index contributed by atoms with van der Waals surface area (Å²) in [5.41, 5.74) is 8.44. The number of carbonyl (C=O) groups is 1. The highest BCUT2D eigenvalue weighted by molar-refractivity contribution is 14.1. The Morgan fingerprint density at radius 3 is 2.34 bits per heavy atom. The van der Waals surface area contributed by atoms with E-state index in [0.29, 0.717) is 11.3 Å². The topological polar surface area (TPSA) is 59.5 Å². The van der Waals surface area contributed by atoms with Gasteiger partial charge in [0.05, 0.1) is 11.9 Å². The predicted octanol–water partition coefficient (Wildman–Crippen LogP) is 7.08. The van der Waals surface area contributed by atoms with Gasteiger partial charge in [-0.3, -0.25) is 4.79 Å². The van der Waals surface area contributed by atoms with Gasteiger partial charge in [0.15, 0.2) is 0 Å². The fourth-order valence-electron chi connectivity index (χ4n) is 3.89. The minimum atomic E-state index is -0.287. The van der Waals surface area contributed by atoms with Crippen molar-refractivity contribution in [2.24, 2.45) is 5.10 Å². The molecule has 1 N–H and O–H groups in total. The third-order valence-corrected chi connectivity index (χ3v) is 6.37. The lowest BCUT2D eigenvalue weighted by Gasteiger charge is -2.12. The third kappa shape index (κ3) is 5.12. The molecule has 1 amide bonds. The molecule has 0 spiro atoms. The van der Waals surface area contributed by atoms with Crippen LogP contribution in [-0.4, -0.2) is 16.7 Å². The van der Waals surface area contributed by atoms with E-state index in [2.05, 4.69) is 68.9 Å². The first-order valence-electron chi connectivity index (χ1n) is 11.1. The molecule has 5 nitrogen and oxygen atoms in total. The van der Waals surface area contributed by atoms with Crippen LogP contribution in [0.5, 0.6) is 0 Å². The normalized spacial score (nSPS) is 11.1. The molecule has 0 radical (unpaired) electrons. The molecule has 0 bridgehead atoms. The highest BCUT2D eigenvalue weighted by atomic mass is 127. The largest absolute Gasteiger partial charge is 0.455 e. The summed E-state index contributed by atoms with van der Waals surface area (Å²) in [4.78, 5) is 12.6. The van der Waals surface area contributed by atoms with E-state index in [1.54, 1.807) is 12.1 Å². The number of hydrogen-bond donors (Lipinski definition) is 1. The van der Waals surface area contributed by atoms with Crippen LogP contribution in [0.15, 0.2) is 113 Å². The summed E-state index contributed by atoms with van der Waals surface area (Å²) in [6.45, 7) is 2.07. The first-order valence-corrected chi connectivity index (χ1v) is 12.2. The monoisotopic (exact) mass is 571 g/mol. The summed E-state index contributed by atoms with van der Waals surface area (Å²) in [7, 11) is 0. The van der Waals surface area contributed by atoms with E-state index in [1.807, 2.05) is 66.7 Å². The summed E-state index contributed by atoms with van der Waals surface area (Å²) in [6.07, 6.45) is 1.50. The number of hydrogen-bond acceptors (Lipinski definition) is 3. The number of hydrazone groups is 1. The van der Waals surface area contributed by atoms with Crippen LogP contribution < -0.4 is 5.43 Å². The summed E-state index contributed by atoms with van der Waals surface area (Å²) >= 11 is 2.27. The Kier molecular flexibility index (Phi) is 6.63. The molecular formula is C29H22IN3O2. The van der Waals surface area contributed by atoms with Gasteiger partial charge in [0, 0.05) is 26.1 Å². The Labute approximate surface area is 217 Å². The standard InChI is InChI=1S/C29H22IN3O2/c1-20-7-17-27(21-5-3-2-4-6-21)33(20)25-14-10-23(11-15-25)29(34)32-31-19-26-16-18-28(35-26)22-8-12-24(30)13-9-22/h2-19H,1H3,(H,32,34)/b31-19+. The Morgan fingerprint density at radius 1 is 0.857 bits per heavy atom. The highest BCUT2D eigenvalue weighted by Crippen LogP contribution is 2.26. The van der Waals surface area contributed by atoms with Gasteiger partial charge in [-0.1, -0.05) is 42.5 Å². The maximum atomic E-state index is 12.6. The molecule has 5 rings (SSSR count). The van der Waals surface area contributed by atoms with Gasteiger partial charge >= 0.3 is 0 Å². The summed E-state index contributed by atoms with van der Waals surface area (Å²) in [5, 5.41) is 4.05. The van der Waals surface area contributed by atoms with Gasteiger partial charge in [-0.2, -0.15) is 5.10 Å². The molecule has 0 saturated carbocycles. The number of nitrogens with zero attached hydrogens (tertiary/aromatic N) is 2. The van der Waals surface area contributed by atoms with Crippen molar-refractivity contribution >= 4 is 34.7 Å². The van der Waals surface area contributed by atoms with Gasteiger partial charge in [0.2, 0.25) is 0 Å². The van der Waals surface area contributed by atoms with Crippen LogP contribution in [0.3, 0.4) is 0 Å². The molecule has 2 aromatic heterocycles. The zero-order chi connectivity index (χ0) is 24.2. The van der Waals surface area contributed by atoms with E-state index < -0.39 is 0 Å². The second-order valence-electron chi connectivity index (χ2n) is 8.02. The van der Waals surface area contributed by atoms with E-state index >= 15 is 0 Å². The fourth-order valence-corrected chi connectivity index (χ4v) is 4.25. The van der Waals surface area contributed by atoms with Gasteiger partial charge in [-0.25, -0.2) is 5.43 Å². The molecule has 0 fully saturated rings. The number of rotatable bonds is 6. The Morgan fingerprint density at radius 2 is 1.60 bits per heavy atom. The van der Waals surface area contributed by atoms with Gasteiger partial charge < -0.3 is 8.98 Å². The van der Waals surface area contributed by atoms with Gasteiger partial charge in [-0.05, 0) is 95.7 Å². The SMILES string of the molecule is Cc1ccc(-c2ccccc2)n1-c1ccc(C(=O)N/N=C/c2ccc(-c3ccc(I)cc3)o2)cc1. The third-order valence-electron chi connectivity index (χ3n) is 5.65. The van der Waals surface area contributed by atoms with Crippen LogP contribution in [0, 0.1) is 10.5 Å². The Balaban J connectivity index is 1.26. The minimum Gasteiger partial charge on any atom is -0.455 e. The van der Waals surface area contributed by atoms with Crippen LogP contribution in [0.4, 0.5) is 0 Å². The van der Waals surface area contributed by atoms with E-state index in [0.717, 1.165) is 37.5 Å². The van der Waals surface area contributed by atoms with Crippen molar-refractivity contribution in [1.29, 1.82) is 0 Å². The van der Waals surface area contributed by atoms with Crippen molar-refractivity contribution in [2.75, 3.05) is 0 Å². The summed E-state index contributed by atoms with van der Waals surface area (Å²) in [6, 6.07) is 33.7. The zero-order valence-corrected chi connectivity index (χ0v) is 21.1. The van der Waals surface area contributed by atoms with Crippen molar-refractivity contribution in [3.63, 3.8) is 0 Å². The van der Waals surface area contributed by atoms with Crippen LogP contribution in [0.1, 0.15) is 21.8 Å². The number of furan rings is 1. The lowest BCUT2D eigenvalue weighted by atomic mass is 10.1. The van der Waals surface area contributed by atoms with E-state index in [-0.39, 0.29) is 5.91 Å². The molecule has 5 aromatic rings. The van der Waals surface area contributed by atoms with Gasteiger partial charge in [0.1, 0.15) is 11.5 Å². The fraction of sp³-hybridized carbons (Fsp3) is 0.0345. The van der Waals surface area contributed by atoms with Crippen LogP contribution in [-0.2, 0) is 0 Å². The predicted molar refractivity (Wildman–Crippen MR) is 148 cm³/mol. The lowest BCUT2D eigenvalue weighted by Crippen LogP contribution is -2.17. The smallest absolute Gasteiger partial charge is 0.271 e. The minimum absolute atomic E-state index is 0.287. The maximum absolute atomic E-state index is 12.6. The van der Waals surface area contributed by atoms with Gasteiger partial charge in [0.25, 0.3) is 5.91 Å². The molecule has 0 saturated heterocycles. The molecule has 0 aliphatic rings. The number of benzene rings is 3. The average molecular weight is 571 g/mol. The number of carbonyl (C=O) groups excluding carboxylic acids is 1. The molecule has 0 unspecified atom stereocenters. The highest BCUT2D eigenvalue weighted by Gasteiger charge is 2.11. The molecule has 0 atom stereocenters.